The molecule has 2 aliphatic heterocycles. The fourth-order valence-corrected chi connectivity index (χ4v) is 3.52. The molecule has 7 nitrogen and oxygen atoms in total. The van der Waals surface area contributed by atoms with E-state index < -0.39 is 0 Å². The summed E-state index contributed by atoms with van der Waals surface area (Å²) in [6, 6.07) is 5.78. The first-order valence-electron chi connectivity index (χ1n) is 8.59. The van der Waals surface area contributed by atoms with Gasteiger partial charge in [-0.15, -0.1) is 0 Å². The molecule has 3 rings (SSSR count). The van der Waals surface area contributed by atoms with Gasteiger partial charge in [0.15, 0.2) is 0 Å². The molecule has 7 heteroatoms. The lowest BCUT2D eigenvalue weighted by Crippen LogP contribution is -2.50. The maximum absolute atomic E-state index is 12.6. The van der Waals surface area contributed by atoms with Gasteiger partial charge in [0.1, 0.15) is 11.5 Å². The van der Waals surface area contributed by atoms with E-state index in [1.54, 1.807) is 14.2 Å². The summed E-state index contributed by atoms with van der Waals surface area (Å²) in [6.07, 6.45) is 0.899. The third-order valence-electron chi connectivity index (χ3n) is 4.89. The monoisotopic (exact) mass is 347 g/mol. The molecule has 0 aliphatic carbocycles. The lowest BCUT2D eigenvalue weighted by Gasteiger charge is -2.27. The molecule has 1 atom stereocenters. The van der Waals surface area contributed by atoms with Gasteiger partial charge >= 0.3 is 0 Å². The van der Waals surface area contributed by atoms with Gasteiger partial charge in [-0.3, -0.25) is 14.5 Å². The number of carbonyl (C=O) groups is 2. The van der Waals surface area contributed by atoms with E-state index in [1.165, 1.54) is 0 Å². The minimum absolute atomic E-state index is 0.0144. The number of carbonyl (C=O) groups excluding carboxylic acids is 2. The van der Waals surface area contributed by atoms with Gasteiger partial charge in [0.2, 0.25) is 11.8 Å². The van der Waals surface area contributed by atoms with Crippen LogP contribution in [0.5, 0.6) is 11.5 Å². The molecule has 1 aromatic rings. The van der Waals surface area contributed by atoms with E-state index in [9.17, 15) is 9.59 Å². The van der Waals surface area contributed by atoms with Crippen LogP contribution in [0.25, 0.3) is 0 Å². The fraction of sp³-hybridized carbons (Fsp3) is 0.556. The number of amides is 2. The van der Waals surface area contributed by atoms with Crippen molar-refractivity contribution < 1.29 is 19.1 Å². The smallest absolute Gasteiger partial charge is 0.236 e. The van der Waals surface area contributed by atoms with Crippen molar-refractivity contribution in [2.45, 2.75) is 12.3 Å². The van der Waals surface area contributed by atoms with Crippen molar-refractivity contribution in [2.75, 3.05) is 53.5 Å². The summed E-state index contributed by atoms with van der Waals surface area (Å²) in [5.41, 5.74) is 1.08. The lowest BCUT2D eigenvalue weighted by molar-refractivity contribution is -0.133. The Morgan fingerprint density at radius 1 is 1.28 bits per heavy atom. The molecule has 2 fully saturated rings. The predicted octanol–water partition coefficient (Wildman–Crippen LogP) is 0.452. The second kappa shape index (κ2) is 7.74. The van der Waals surface area contributed by atoms with Gasteiger partial charge in [-0.2, -0.15) is 0 Å². The maximum atomic E-state index is 12.6. The molecular weight excluding hydrogens is 322 g/mol. The van der Waals surface area contributed by atoms with Crippen LogP contribution in [-0.4, -0.2) is 75.1 Å². The van der Waals surface area contributed by atoms with Gasteiger partial charge in [0.05, 0.1) is 27.3 Å². The topological polar surface area (TPSA) is 71.1 Å². The van der Waals surface area contributed by atoms with Crippen LogP contribution in [0.4, 0.5) is 0 Å². The molecule has 2 amide bonds. The summed E-state index contributed by atoms with van der Waals surface area (Å²) < 4.78 is 10.8. The molecule has 136 valence electrons. The molecule has 0 spiro atoms. The molecule has 0 bridgehead atoms. The molecule has 0 unspecified atom stereocenters. The van der Waals surface area contributed by atoms with Crippen LogP contribution in [0.15, 0.2) is 18.2 Å². The molecule has 2 heterocycles. The maximum Gasteiger partial charge on any atom is 0.236 e. The van der Waals surface area contributed by atoms with Gasteiger partial charge in [-0.25, -0.2) is 0 Å². The Bertz CT molecular complexity index is 649. The van der Waals surface area contributed by atoms with Crippen LogP contribution in [-0.2, 0) is 9.59 Å². The van der Waals surface area contributed by atoms with Gasteiger partial charge in [0, 0.05) is 37.7 Å². The molecule has 0 saturated carbocycles. The highest BCUT2D eigenvalue weighted by molar-refractivity contribution is 5.82. The van der Waals surface area contributed by atoms with E-state index in [-0.39, 0.29) is 17.7 Å². The molecule has 0 aromatic heterocycles. The summed E-state index contributed by atoms with van der Waals surface area (Å²) in [4.78, 5) is 27.8. The number of hydrogen-bond donors (Lipinski definition) is 1. The predicted molar refractivity (Wildman–Crippen MR) is 92.9 cm³/mol. The summed E-state index contributed by atoms with van der Waals surface area (Å²) in [6.45, 7) is 3.32. The van der Waals surface area contributed by atoms with Crippen LogP contribution < -0.4 is 14.8 Å². The Morgan fingerprint density at radius 2 is 2.12 bits per heavy atom. The number of nitrogens with zero attached hydrogens (tertiary/aromatic N) is 2. The Hall–Kier alpha value is -2.28. The summed E-state index contributed by atoms with van der Waals surface area (Å²) in [5, 5.41) is 2.78. The van der Waals surface area contributed by atoms with Crippen molar-refractivity contribution in [1.29, 1.82) is 0 Å². The van der Waals surface area contributed by atoms with Gasteiger partial charge in [-0.05, 0) is 24.6 Å². The van der Waals surface area contributed by atoms with Crippen LogP contribution in [0, 0.1) is 0 Å². The number of methoxy groups -OCH3 is 2. The normalized spacial score (nSPS) is 21.1. The van der Waals surface area contributed by atoms with Crippen molar-refractivity contribution in [1.82, 2.24) is 15.1 Å². The first-order valence-corrected chi connectivity index (χ1v) is 8.59. The highest BCUT2D eigenvalue weighted by Gasteiger charge is 2.30. The second-order valence-corrected chi connectivity index (χ2v) is 6.49. The zero-order valence-corrected chi connectivity index (χ0v) is 14.8. The van der Waals surface area contributed by atoms with Gasteiger partial charge < -0.3 is 19.7 Å². The molecule has 2 aliphatic rings. The SMILES string of the molecule is COc1ccc(OC)c([C@@H]2CCN(C(=O)CN3CCNC(=O)C3)C2)c1. The minimum Gasteiger partial charge on any atom is -0.497 e. The van der Waals surface area contributed by atoms with Crippen LogP contribution in [0.1, 0.15) is 17.9 Å². The van der Waals surface area contributed by atoms with E-state index in [2.05, 4.69) is 5.32 Å². The molecular formula is C18H25N3O4. The number of benzene rings is 1. The highest BCUT2D eigenvalue weighted by atomic mass is 16.5. The van der Waals surface area contributed by atoms with Gasteiger partial charge in [0.25, 0.3) is 0 Å². The van der Waals surface area contributed by atoms with E-state index in [0.29, 0.717) is 26.2 Å². The summed E-state index contributed by atoms with van der Waals surface area (Å²) in [7, 11) is 3.30. The molecule has 2 saturated heterocycles. The number of nitrogens with one attached hydrogen (secondary N) is 1. The first kappa shape index (κ1) is 17.5. The summed E-state index contributed by atoms with van der Waals surface area (Å²) >= 11 is 0. The van der Waals surface area contributed by atoms with Crippen molar-refractivity contribution in [2.24, 2.45) is 0 Å². The Labute approximate surface area is 147 Å². The quantitative estimate of drug-likeness (QED) is 0.838. The number of hydrogen-bond acceptors (Lipinski definition) is 5. The van der Waals surface area contributed by atoms with E-state index in [1.807, 2.05) is 28.0 Å². The first-order chi connectivity index (χ1) is 12.1. The standard InChI is InChI=1S/C18H25N3O4/c1-24-14-3-4-16(25-2)15(9-14)13-5-7-21(10-13)18(23)12-20-8-6-19-17(22)11-20/h3-4,9,13H,5-8,10-12H2,1-2H3,(H,19,22)/t13-/m1/s1. The average Bonchev–Trinajstić information content (AvgIpc) is 3.11. The number of ether oxygens (including phenoxy) is 2. The zero-order valence-electron chi connectivity index (χ0n) is 14.8. The second-order valence-electron chi connectivity index (χ2n) is 6.49. The highest BCUT2D eigenvalue weighted by Crippen LogP contribution is 2.36. The number of piperazine rings is 1. The zero-order chi connectivity index (χ0) is 17.8. The minimum atomic E-state index is -0.0144. The summed E-state index contributed by atoms with van der Waals surface area (Å²) in [5.74, 6) is 1.92. The van der Waals surface area contributed by atoms with Crippen LogP contribution in [0.3, 0.4) is 0 Å². The third-order valence-corrected chi connectivity index (χ3v) is 4.89. The van der Waals surface area contributed by atoms with Crippen LogP contribution >= 0.6 is 0 Å². The lowest BCUT2D eigenvalue weighted by atomic mass is 9.97. The van der Waals surface area contributed by atoms with Crippen molar-refractivity contribution >= 4 is 11.8 Å². The van der Waals surface area contributed by atoms with E-state index in [4.69, 9.17) is 9.47 Å². The van der Waals surface area contributed by atoms with Crippen LogP contribution in [0.2, 0.25) is 0 Å². The van der Waals surface area contributed by atoms with Crippen molar-refractivity contribution in [3.63, 3.8) is 0 Å². The Morgan fingerprint density at radius 3 is 2.84 bits per heavy atom. The largest absolute Gasteiger partial charge is 0.497 e. The third kappa shape index (κ3) is 4.04. The number of rotatable bonds is 5. The van der Waals surface area contributed by atoms with E-state index >= 15 is 0 Å². The Balaban J connectivity index is 1.63. The number of likely N-dealkylation sites (tertiary alicyclic amines) is 1. The average molecular weight is 347 g/mol. The Kier molecular flexibility index (Phi) is 5.43. The molecule has 25 heavy (non-hydrogen) atoms. The fourth-order valence-electron chi connectivity index (χ4n) is 3.52. The van der Waals surface area contributed by atoms with Crippen molar-refractivity contribution in [3.8, 4) is 11.5 Å². The molecule has 1 aromatic carbocycles. The van der Waals surface area contributed by atoms with Gasteiger partial charge in [-0.1, -0.05) is 0 Å². The molecule has 1 N–H and O–H groups in total. The van der Waals surface area contributed by atoms with E-state index in [0.717, 1.165) is 36.6 Å². The van der Waals surface area contributed by atoms with Crippen molar-refractivity contribution in [3.05, 3.63) is 23.8 Å². The molecule has 0 radical (unpaired) electrons.